The number of carbonyl (C=O) groups is 1. The van der Waals surface area contributed by atoms with Gasteiger partial charge in [-0.3, -0.25) is 4.79 Å². The van der Waals surface area contributed by atoms with Crippen LogP contribution in [0.3, 0.4) is 0 Å². The van der Waals surface area contributed by atoms with E-state index in [0.717, 1.165) is 30.4 Å². The molecular weight excluding hydrogens is 370 g/mol. The third-order valence-electron chi connectivity index (χ3n) is 4.24. The number of hydrogen-bond donors (Lipinski definition) is 1. The van der Waals surface area contributed by atoms with Crippen molar-refractivity contribution in [2.45, 2.75) is 12.8 Å². The van der Waals surface area contributed by atoms with Crippen molar-refractivity contribution in [3.8, 4) is 11.6 Å². The molecular formula is C18H20BrN3O2. The quantitative estimate of drug-likeness (QED) is 0.869. The third kappa shape index (κ3) is 4.13. The Balaban J connectivity index is 1.63. The van der Waals surface area contributed by atoms with Crippen LogP contribution in [0.4, 0.5) is 0 Å². The number of pyridine rings is 1. The van der Waals surface area contributed by atoms with E-state index in [1.807, 2.05) is 29.2 Å². The Morgan fingerprint density at radius 1 is 1.29 bits per heavy atom. The number of amides is 1. The van der Waals surface area contributed by atoms with Crippen molar-refractivity contribution < 1.29 is 9.53 Å². The van der Waals surface area contributed by atoms with Gasteiger partial charge < -0.3 is 15.4 Å². The minimum Gasteiger partial charge on any atom is -0.439 e. The number of aromatic nitrogens is 1. The predicted molar refractivity (Wildman–Crippen MR) is 96.1 cm³/mol. The van der Waals surface area contributed by atoms with Crippen molar-refractivity contribution in [2.24, 2.45) is 11.7 Å². The lowest BCUT2D eigenvalue weighted by molar-refractivity contribution is 0.0693. The van der Waals surface area contributed by atoms with Crippen LogP contribution >= 0.6 is 15.9 Å². The highest BCUT2D eigenvalue weighted by Gasteiger charge is 2.23. The lowest BCUT2D eigenvalue weighted by Crippen LogP contribution is -2.40. The molecule has 0 unspecified atom stereocenters. The molecule has 5 nitrogen and oxygen atoms in total. The van der Waals surface area contributed by atoms with Crippen LogP contribution in [0.5, 0.6) is 11.6 Å². The number of hydrogen-bond acceptors (Lipinski definition) is 4. The number of piperidine rings is 1. The van der Waals surface area contributed by atoms with Crippen molar-refractivity contribution >= 4 is 21.8 Å². The minimum absolute atomic E-state index is 0.0203. The first-order valence-electron chi connectivity index (χ1n) is 8.04. The summed E-state index contributed by atoms with van der Waals surface area (Å²) in [6, 6.07) is 11.0. The van der Waals surface area contributed by atoms with Gasteiger partial charge in [-0.05, 0) is 49.6 Å². The van der Waals surface area contributed by atoms with E-state index >= 15 is 0 Å². The van der Waals surface area contributed by atoms with E-state index in [1.54, 1.807) is 18.3 Å². The zero-order chi connectivity index (χ0) is 16.9. The zero-order valence-electron chi connectivity index (χ0n) is 13.3. The molecule has 2 heterocycles. The van der Waals surface area contributed by atoms with Crippen LogP contribution in [-0.4, -0.2) is 35.4 Å². The molecule has 1 aromatic heterocycles. The van der Waals surface area contributed by atoms with Crippen molar-refractivity contribution in [2.75, 3.05) is 19.6 Å². The first-order chi connectivity index (χ1) is 11.7. The van der Waals surface area contributed by atoms with Gasteiger partial charge in [-0.15, -0.1) is 0 Å². The fourth-order valence-electron chi connectivity index (χ4n) is 2.77. The maximum absolute atomic E-state index is 12.5. The van der Waals surface area contributed by atoms with Crippen LogP contribution in [0.15, 0.2) is 47.1 Å². The maximum Gasteiger partial charge on any atom is 0.255 e. The van der Waals surface area contributed by atoms with Gasteiger partial charge in [0, 0.05) is 29.8 Å². The van der Waals surface area contributed by atoms with E-state index < -0.39 is 0 Å². The van der Waals surface area contributed by atoms with Gasteiger partial charge in [-0.2, -0.15) is 0 Å². The number of benzene rings is 1. The summed E-state index contributed by atoms with van der Waals surface area (Å²) in [4.78, 5) is 18.6. The Hall–Kier alpha value is -1.92. The van der Waals surface area contributed by atoms with Gasteiger partial charge in [-0.25, -0.2) is 4.98 Å². The highest BCUT2D eigenvalue weighted by Crippen LogP contribution is 2.23. The third-order valence-corrected chi connectivity index (χ3v) is 4.73. The minimum atomic E-state index is 0.0203. The molecule has 0 radical (unpaired) electrons. The lowest BCUT2D eigenvalue weighted by atomic mass is 9.97. The van der Waals surface area contributed by atoms with Gasteiger partial charge in [-0.1, -0.05) is 22.0 Å². The largest absolute Gasteiger partial charge is 0.439 e. The monoisotopic (exact) mass is 389 g/mol. The molecule has 1 saturated heterocycles. The second-order valence-corrected chi connectivity index (χ2v) is 6.83. The summed E-state index contributed by atoms with van der Waals surface area (Å²) in [5.41, 5.74) is 6.28. The van der Waals surface area contributed by atoms with Crippen LogP contribution in [0, 0.1) is 5.92 Å². The molecule has 3 rings (SSSR count). The summed E-state index contributed by atoms with van der Waals surface area (Å²) in [6.07, 6.45) is 3.52. The van der Waals surface area contributed by atoms with Gasteiger partial charge >= 0.3 is 0 Å². The second kappa shape index (κ2) is 7.77. The van der Waals surface area contributed by atoms with E-state index in [1.165, 1.54) is 0 Å². The molecule has 0 spiro atoms. The molecule has 0 saturated carbocycles. The Morgan fingerprint density at radius 2 is 2.08 bits per heavy atom. The van der Waals surface area contributed by atoms with Crippen LogP contribution in [-0.2, 0) is 0 Å². The lowest BCUT2D eigenvalue weighted by Gasteiger charge is -2.31. The Kier molecular flexibility index (Phi) is 5.48. The number of ether oxygens (including phenoxy) is 1. The van der Waals surface area contributed by atoms with Gasteiger partial charge in [0.05, 0.1) is 5.56 Å². The van der Waals surface area contributed by atoms with Crippen LogP contribution in [0.25, 0.3) is 0 Å². The molecule has 2 N–H and O–H groups in total. The van der Waals surface area contributed by atoms with E-state index in [9.17, 15) is 4.79 Å². The van der Waals surface area contributed by atoms with Crippen LogP contribution in [0.1, 0.15) is 23.2 Å². The number of rotatable bonds is 4. The Morgan fingerprint density at radius 3 is 2.71 bits per heavy atom. The standard InChI is InChI=1S/C18H20BrN3O2/c19-15-2-1-3-16(10-15)24-17-5-4-14(12-21-17)18(23)22-8-6-13(11-20)7-9-22/h1-5,10,12-13H,6-9,11,20H2. The average molecular weight is 390 g/mol. The first-order valence-corrected chi connectivity index (χ1v) is 8.84. The predicted octanol–water partition coefficient (Wildman–Crippen LogP) is 3.45. The fourth-order valence-corrected chi connectivity index (χ4v) is 3.15. The Bertz CT molecular complexity index is 698. The molecule has 1 fully saturated rings. The fraction of sp³-hybridized carbons (Fsp3) is 0.333. The topological polar surface area (TPSA) is 68.5 Å². The van der Waals surface area contributed by atoms with E-state index in [4.69, 9.17) is 10.5 Å². The molecule has 1 aliphatic heterocycles. The molecule has 0 atom stereocenters. The molecule has 0 bridgehead atoms. The molecule has 2 aromatic rings. The zero-order valence-corrected chi connectivity index (χ0v) is 14.9. The summed E-state index contributed by atoms with van der Waals surface area (Å²) in [5.74, 6) is 1.71. The smallest absolute Gasteiger partial charge is 0.255 e. The van der Waals surface area contributed by atoms with Crippen molar-refractivity contribution in [3.63, 3.8) is 0 Å². The second-order valence-electron chi connectivity index (χ2n) is 5.92. The number of nitrogens with zero attached hydrogens (tertiary/aromatic N) is 2. The number of halogens is 1. The SMILES string of the molecule is NCC1CCN(C(=O)c2ccc(Oc3cccc(Br)c3)nc2)CC1. The van der Waals surface area contributed by atoms with Gasteiger partial charge in [0.1, 0.15) is 5.75 Å². The van der Waals surface area contributed by atoms with E-state index in [2.05, 4.69) is 20.9 Å². The summed E-state index contributed by atoms with van der Waals surface area (Å²) in [5, 5.41) is 0. The normalized spacial score (nSPS) is 15.3. The average Bonchev–Trinajstić information content (AvgIpc) is 2.62. The molecule has 0 aliphatic carbocycles. The molecule has 1 aliphatic rings. The summed E-state index contributed by atoms with van der Waals surface area (Å²) >= 11 is 3.40. The highest BCUT2D eigenvalue weighted by molar-refractivity contribution is 9.10. The summed E-state index contributed by atoms with van der Waals surface area (Å²) < 4.78 is 6.63. The van der Waals surface area contributed by atoms with Crippen molar-refractivity contribution in [1.29, 1.82) is 0 Å². The molecule has 24 heavy (non-hydrogen) atoms. The molecule has 126 valence electrons. The first kappa shape index (κ1) is 16.9. The van der Waals surface area contributed by atoms with Gasteiger partial charge in [0.25, 0.3) is 5.91 Å². The van der Waals surface area contributed by atoms with Crippen molar-refractivity contribution in [1.82, 2.24) is 9.88 Å². The molecule has 1 aromatic carbocycles. The van der Waals surface area contributed by atoms with Crippen LogP contribution < -0.4 is 10.5 Å². The van der Waals surface area contributed by atoms with E-state index in [0.29, 0.717) is 29.7 Å². The summed E-state index contributed by atoms with van der Waals surface area (Å²) in [6.45, 7) is 2.22. The summed E-state index contributed by atoms with van der Waals surface area (Å²) in [7, 11) is 0. The van der Waals surface area contributed by atoms with Crippen molar-refractivity contribution in [3.05, 3.63) is 52.6 Å². The number of nitrogens with two attached hydrogens (primary N) is 1. The van der Waals surface area contributed by atoms with E-state index in [-0.39, 0.29) is 5.91 Å². The van der Waals surface area contributed by atoms with Gasteiger partial charge in [0.15, 0.2) is 0 Å². The molecule has 1 amide bonds. The molecule has 6 heteroatoms. The maximum atomic E-state index is 12.5. The van der Waals surface area contributed by atoms with Crippen LogP contribution in [0.2, 0.25) is 0 Å². The van der Waals surface area contributed by atoms with Gasteiger partial charge in [0.2, 0.25) is 5.88 Å². The highest BCUT2D eigenvalue weighted by atomic mass is 79.9. The Labute approximate surface area is 149 Å². The number of carbonyl (C=O) groups excluding carboxylic acids is 1. The number of likely N-dealkylation sites (tertiary alicyclic amines) is 1.